The maximum absolute atomic E-state index is 12.3. The van der Waals surface area contributed by atoms with E-state index in [0.717, 1.165) is 0 Å². The van der Waals surface area contributed by atoms with Gasteiger partial charge in [0.1, 0.15) is 0 Å². The number of hydrogen-bond acceptors (Lipinski definition) is 2. The number of rotatable bonds is 8. The van der Waals surface area contributed by atoms with Crippen molar-refractivity contribution in [3.8, 4) is 0 Å². The van der Waals surface area contributed by atoms with E-state index in [2.05, 4.69) is 5.32 Å². The fourth-order valence-corrected chi connectivity index (χ4v) is 2.31. The van der Waals surface area contributed by atoms with Crippen molar-refractivity contribution in [1.29, 1.82) is 0 Å². The predicted octanol–water partition coefficient (Wildman–Crippen LogP) is 3.51. The van der Waals surface area contributed by atoms with Crippen LogP contribution in [0, 0.1) is 0 Å². The van der Waals surface area contributed by atoms with Crippen LogP contribution in [0.4, 0.5) is 13.2 Å². The van der Waals surface area contributed by atoms with E-state index in [0.29, 0.717) is 19.4 Å². The Morgan fingerprint density at radius 3 is 1.94 bits per heavy atom. The van der Waals surface area contributed by atoms with Crippen LogP contribution < -0.4 is 5.32 Å². The van der Waals surface area contributed by atoms with Crippen molar-refractivity contribution in [2.24, 2.45) is 0 Å². The molecule has 17 heavy (non-hydrogen) atoms. The second kappa shape index (κ2) is 7.21. The molecule has 0 aliphatic carbocycles. The molecule has 104 valence electrons. The normalized spacial score (nSPS) is 15.0. The van der Waals surface area contributed by atoms with E-state index >= 15 is 0 Å². The lowest BCUT2D eigenvalue weighted by Gasteiger charge is -2.39. The van der Waals surface area contributed by atoms with Gasteiger partial charge < -0.3 is 10.1 Å². The second-order valence-corrected chi connectivity index (χ2v) is 4.20. The molecule has 1 atom stereocenters. The highest BCUT2D eigenvalue weighted by molar-refractivity contribution is 4.91. The molecule has 0 radical (unpaired) electrons. The standard InChI is InChI=1S/C12H24F3NO/c1-5-11(6-2,17-7-3)10(16-4)8-9-12(13,14)15/h10,16H,5-9H2,1-4H3. The van der Waals surface area contributed by atoms with Crippen molar-refractivity contribution in [3.05, 3.63) is 0 Å². The Morgan fingerprint density at radius 1 is 1.12 bits per heavy atom. The molecule has 0 aromatic heterocycles. The number of likely N-dealkylation sites (N-methyl/N-ethyl adjacent to an activating group) is 1. The number of hydrogen-bond donors (Lipinski definition) is 1. The SMILES string of the molecule is CCOC(CC)(CC)C(CCC(F)(F)F)NC. The first-order valence-corrected chi connectivity index (χ1v) is 6.23. The molecule has 1 N–H and O–H groups in total. The predicted molar refractivity (Wildman–Crippen MR) is 63.1 cm³/mol. The Balaban J connectivity index is 4.66. The van der Waals surface area contributed by atoms with Gasteiger partial charge in [0.25, 0.3) is 0 Å². The van der Waals surface area contributed by atoms with Crippen LogP contribution in [-0.2, 0) is 4.74 Å². The molecule has 0 aromatic carbocycles. The Hall–Kier alpha value is -0.290. The number of halogens is 3. The number of ether oxygens (including phenoxy) is 1. The third-order valence-corrected chi connectivity index (χ3v) is 3.33. The molecule has 0 amide bonds. The first kappa shape index (κ1) is 16.7. The fourth-order valence-electron chi connectivity index (χ4n) is 2.31. The van der Waals surface area contributed by atoms with Crippen molar-refractivity contribution in [2.75, 3.05) is 13.7 Å². The van der Waals surface area contributed by atoms with Gasteiger partial charge in [-0.3, -0.25) is 0 Å². The minimum Gasteiger partial charge on any atom is -0.374 e. The summed E-state index contributed by atoms with van der Waals surface area (Å²) in [7, 11) is 1.69. The zero-order valence-corrected chi connectivity index (χ0v) is 11.2. The summed E-state index contributed by atoms with van der Waals surface area (Å²) in [5, 5.41) is 2.98. The molecule has 0 aliphatic rings. The van der Waals surface area contributed by atoms with Crippen LogP contribution in [0.3, 0.4) is 0 Å². The summed E-state index contributed by atoms with van der Waals surface area (Å²) in [6.45, 7) is 6.30. The van der Waals surface area contributed by atoms with E-state index in [-0.39, 0.29) is 12.5 Å². The van der Waals surface area contributed by atoms with Gasteiger partial charge in [-0.05, 0) is 33.2 Å². The van der Waals surface area contributed by atoms with Crippen LogP contribution in [-0.4, -0.2) is 31.5 Å². The van der Waals surface area contributed by atoms with Crippen LogP contribution in [0.15, 0.2) is 0 Å². The lowest BCUT2D eigenvalue weighted by molar-refractivity contribution is -0.143. The van der Waals surface area contributed by atoms with E-state index < -0.39 is 18.2 Å². The quantitative estimate of drug-likeness (QED) is 0.716. The van der Waals surface area contributed by atoms with Crippen LogP contribution in [0.2, 0.25) is 0 Å². The van der Waals surface area contributed by atoms with Crippen LogP contribution in [0.5, 0.6) is 0 Å². The van der Waals surface area contributed by atoms with Crippen LogP contribution in [0.25, 0.3) is 0 Å². The largest absolute Gasteiger partial charge is 0.389 e. The zero-order valence-electron chi connectivity index (χ0n) is 11.2. The Kier molecular flexibility index (Phi) is 7.09. The molecule has 2 nitrogen and oxygen atoms in total. The van der Waals surface area contributed by atoms with Crippen molar-refractivity contribution in [2.45, 2.75) is 64.3 Å². The van der Waals surface area contributed by atoms with Gasteiger partial charge in [-0.2, -0.15) is 13.2 Å². The van der Waals surface area contributed by atoms with Crippen molar-refractivity contribution < 1.29 is 17.9 Å². The highest BCUT2D eigenvalue weighted by Gasteiger charge is 2.38. The summed E-state index contributed by atoms with van der Waals surface area (Å²) in [4.78, 5) is 0. The minimum absolute atomic E-state index is 0.0572. The molecule has 0 saturated carbocycles. The van der Waals surface area contributed by atoms with E-state index in [1.165, 1.54) is 0 Å². The first-order chi connectivity index (χ1) is 7.85. The molecule has 0 aliphatic heterocycles. The van der Waals surface area contributed by atoms with E-state index in [1.807, 2.05) is 20.8 Å². The average molecular weight is 255 g/mol. The second-order valence-electron chi connectivity index (χ2n) is 4.20. The van der Waals surface area contributed by atoms with Crippen molar-refractivity contribution >= 4 is 0 Å². The lowest BCUT2D eigenvalue weighted by atomic mass is 9.85. The smallest absolute Gasteiger partial charge is 0.374 e. The topological polar surface area (TPSA) is 21.3 Å². The Labute approximate surface area is 102 Å². The summed E-state index contributed by atoms with van der Waals surface area (Å²) >= 11 is 0. The van der Waals surface area contributed by atoms with Gasteiger partial charge >= 0.3 is 6.18 Å². The maximum Gasteiger partial charge on any atom is 0.389 e. The van der Waals surface area contributed by atoms with Crippen molar-refractivity contribution in [3.63, 3.8) is 0 Å². The highest BCUT2D eigenvalue weighted by Crippen LogP contribution is 2.31. The summed E-state index contributed by atoms with van der Waals surface area (Å²) in [5.41, 5.74) is -0.491. The highest BCUT2D eigenvalue weighted by atomic mass is 19.4. The van der Waals surface area contributed by atoms with Gasteiger partial charge in [0, 0.05) is 19.1 Å². The molecule has 5 heteroatoms. The minimum atomic E-state index is -4.10. The number of alkyl halides is 3. The third kappa shape index (κ3) is 5.25. The fraction of sp³-hybridized carbons (Fsp3) is 1.00. The van der Waals surface area contributed by atoms with E-state index in [9.17, 15) is 13.2 Å². The van der Waals surface area contributed by atoms with Gasteiger partial charge in [-0.15, -0.1) is 0 Å². The zero-order chi connectivity index (χ0) is 13.5. The van der Waals surface area contributed by atoms with Gasteiger partial charge in [0.15, 0.2) is 0 Å². The Bertz CT molecular complexity index is 202. The number of nitrogens with one attached hydrogen (secondary N) is 1. The molecule has 0 rings (SSSR count). The first-order valence-electron chi connectivity index (χ1n) is 6.23. The van der Waals surface area contributed by atoms with Crippen molar-refractivity contribution in [1.82, 2.24) is 5.32 Å². The monoisotopic (exact) mass is 255 g/mol. The van der Waals surface area contributed by atoms with Gasteiger partial charge in [0.05, 0.1) is 5.60 Å². The van der Waals surface area contributed by atoms with Gasteiger partial charge in [-0.25, -0.2) is 0 Å². The molecular formula is C12H24F3NO. The van der Waals surface area contributed by atoms with Gasteiger partial charge in [0.2, 0.25) is 0 Å². The molecule has 0 bridgehead atoms. The molecule has 1 unspecified atom stereocenters. The molecule has 0 saturated heterocycles. The average Bonchev–Trinajstić information content (AvgIpc) is 2.26. The molecule has 0 spiro atoms. The third-order valence-electron chi connectivity index (χ3n) is 3.33. The summed E-state index contributed by atoms with van der Waals surface area (Å²) < 4.78 is 42.5. The van der Waals surface area contributed by atoms with E-state index in [1.54, 1.807) is 7.05 Å². The molecule has 0 fully saturated rings. The molecule has 0 aromatic rings. The summed E-state index contributed by atoms with van der Waals surface area (Å²) in [6, 6.07) is -0.265. The molecular weight excluding hydrogens is 231 g/mol. The Morgan fingerprint density at radius 2 is 1.65 bits per heavy atom. The lowest BCUT2D eigenvalue weighted by Crippen LogP contribution is -2.51. The van der Waals surface area contributed by atoms with E-state index in [4.69, 9.17) is 4.74 Å². The van der Waals surface area contributed by atoms with Crippen LogP contribution >= 0.6 is 0 Å². The van der Waals surface area contributed by atoms with Gasteiger partial charge in [-0.1, -0.05) is 13.8 Å². The van der Waals surface area contributed by atoms with Crippen LogP contribution in [0.1, 0.15) is 46.5 Å². The summed E-state index contributed by atoms with van der Waals surface area (Å²) in [5.74, 6) is 0. The molecule has 0 heterocycles. The summed E-state index contributed by atoms with van der Waals surface area (Å²) in [6.07, 6.45) is -3.40. The maximum atomic E-state index is 12.3.